The quantitative estimate of drug-likeness (QED) is 0.712. The van der Waals surface area contributed by atoms with Gasteiger partial charge in [0.15, 0.2) is 5.82 Å². The average molecular weight is 437 g/mol. The molecular formula is C24H32N6O2. The number of pyridine rings is 1. The molecule has 1 amide bonds. The Morgan fingerprint density at radius 3 is 2.72 bits per heavy atom. The second-order valence-electron chi connectivity index (χ2n) is 8.80. The zero-order valence-corrected chi connectivity index (χ0v) is 19.2. The molecule has 170 valence electrons. The molecule has 1 atom stereocenters. The van der Waals surface area contributed by atoms with Crippen LogP contribution in [0, 0.1) is 0 Å². The lowest BCUT2D eigenvalue weighted by Gasteiger charge is -2.41. The Bertz CT molecular complexity index is 1020. The Morgan fingerprint density at radius 2 is 2.06 bits per heavy atom. The fraction of sp³-hybridized carbons (Fsp3) is 0.500. The van der Waals surface area contributed by atoms with Crippen molar-refractivity contribution >= 4 is 23.0 Å². The first-order valence-electron chi connectivity index (χ1n) is 11.2. The summed E-state index contributed by atoms with van der Waals surface area (Å²) >= 11 is 0. The SMILES string of the molecule is C=C(C)c1cc(-c2cc(N)c(N3CCN(C(=O)CCOC)[C@H](C)C3)nc2C2CC2)ncn1. The summed E-state index contributed by atoms with van der Waals surface area (Å²) in [6, 6.07) is 4.04. The van der Waals surface area contributed by atoms with Gasteiger partial charge in [-0.05, 0) is 44.4 Å². The first kappa shape index (κ1) is 22.2. The van der Waals surface area contributed by atoms with Crippen molar-refractivity contribution < 1.29 is 9.53 Å². The van der Waals surface area contributed by atoms with Crippen LogP contribution in [-0.2, 0) is 9.53 Å². The van der Waals surface area contributed by atoms with Crippen LogP contribution in [0.1, 0.15) is 50.4 Å². The monoisotopic (exact) mass is 436 g/mol. The number of rotatable bonds is 7. The summed E-state index contributed by atoms with van der Waals surface area (Å²) in [6.07, 6.45) is 4.23. The van der Waals surface area contributed by atoms with Gasteiger partial charge < -0.3 is 20.3 Å². The summed E-state index contributed by atoms with van der Waals surface area (Å²) in [6.45, 7) is 10.5. The number of carbonyl (C=O) groups excluding carboxylic acids is 1. The Balaban J connectivity index is 1.60. The van der Waals surface area contributed by atoms with E-state index in [2.05, 4.69) is 28.4 Å². The lowest BCUT2D eigenvalue weighted by atomic mass is 10.0. The predicted molar refractivity (Wildman–Crippen MR) is 126 cm³/mol. The summed E-state index contributed by atoms with van der Waals surface area (Å²) in [5, 5.41) is 0. The van der Waals surface area contributed by atoms with Gasteiger partial charge in [-0.3, -0.25) is 4.79 Å². The third-order valence-corrected chi connectivity index (χ3v) is 6.17. The summed E-state index contributed by atoms with van der Waals surface area (Å²) in [5.41, 5.74) is 11.7. The highest BCUT2D eigenvalue weighted by atomic mass is 16.5. The molecule has 4 rings (SSSR count). The number of carbonyl (C=O) groups is 1. The molecule has 2 N–H and O–H groups in total. The van der Waals surface area contributed by atoms with Crippen LogP contribution in [0.5, 0.6) is 0 Å². The molecule has 2 aromatic rings. The van der Waals surface area contributed by atoms with Gasteiger partial charge >= 0.3 is 0 Å². The molecule has 2 aromatic heterocycles. The van der Waals surface area contributed by atoms with Crippen LogP contribution in [0.15, 0.2) is 25.0 Å². The number of allylic oxidation sites excluding steroid dienone is 1. The van der Waals surface area contributed by atoms with Crippen molar-refractivity contribution in [3.63, 3.8) is 0 Å². The maximum absolute atomic E-state index is 12.5. The summed E-state index contributed by atoms with van der Waals surface area (Å²) in [5.74, 6) is 1.37. The molecule has 1 aliphatic heterocycles. The highest BCUT2D eigenvalue weighted by Crippen LogP contribution is 2.45. The molecule has 0 spiro atoms. The van der Waals surface area contributed by atoms with Crippen molar-refractivity contribution in [3.05, 3.63) is 36.4 Å². The van der Waals surface area contributed by atoms with Crippen LogP contribution in [0.2, 0.25) is 0 Å². The zero-order chi connectivity index (χ0) is 22.8. The van der Waals surface area contributed by atoms with Gasteiger partial charge in [-0.15, -0.1) is 0 Å². The van der Waals surface area contributed by atoms with E-state index in [9.17, 15) is 4.79 Å². The van der Waals surface area contributed by atoms with Gasteiger partial charge in [-0.1, -0.05) is 6.58 Å². The number of aromatic nitrogens is 3. The molecule has 32 heavy (non-hydrogen) atoms. The van der Waals surface area contributed by atoms with E-state index in [1.165, 1.54) is 0 Å². The largest absolute Gasteiger partial charge is 0.396 e. The highest BCUT2D eigenvalue weighted by Gasteiger charge is 2.33. The Kier molecular flexibility index (Phi) is 6.41. The van der Waals surface area contributed by atoms with Crippen LogP contribution in [-0.4, -0.2) is 65.2 Å². The van der Waals surface area contributed by atoms with E-state index in [1.807, 2.05) is 24.0 Å². The fourth-order valence-corrected chi connectivity index (χ4v) is 4.25. The first-order valence-corrected chi connectivity index (χ1v) is 11.2. The van der Waals surface area contributed by atoms with Crippen LogP contribution in [0.3, 0.4) is 0 Å². The lowest BCUT2D eigenvalue weighted by molar-refractivity contribution is -0.134. The molecule has 0 unspecified atom stereocenters. The third-order valence-electron chi connectivity index (χ3n) is 6.17. The van der Waals surface area contributed by atoms with Crippen LogP contribution in [0.25, 0.3) is 16.8 Å². The van der Waals surface area contributed by atoms with Crippen LogP contribution < -0.4 is 10.6 Å². The number of nitrogens with zero attached hydrogens (tertiary/aromatic N) is 5. The predicted octanol–water partition coefficient (Wildman–Crippen LogP) is 3.10. The van der Waals surface area contributed by atoms with Crippen molar-refractivity contribution in [2.75, 3.05) is 44.0 Å². The van der Waals surface area contributed by atoms with Crippen molar-refractivity contribution in [1.82, 2.24) is 19.9 Å². The van der Waals surface area contributed by atoms with Crippen LogP contribution >= 0.6 is 0 Å². The number of methoxy groups -OCH3 is 1. The topological polar surface area (TPSA) is 97.5 Å². The lowest BCUT2D eigenvalue weighted by Crippen LogP contribution is -2.54. The number of hydrogen-bond donors (Lipinski definition) is 1. The van der Waals surface area contributed by atoms with E-state index < -0.39 is 0 Å². The molecule has 1 saturated heterocycles. The van der Waals surface area contributed by atoms with E-state index in [0.717, 1.165) is 46.9 Å². The molecular weight excluding hydrogens is 404 g/mol. The second-order valence-corrected chi connectivity index (χ2v) is 8.80. The number of nitrogen functional groups attached to an aromatic ring is 1. The normalized spacial score (nSPS) is 18.7. The van der Waals surface area contributed by atoms with Gasteiger partial charge in [0, 0.05) is 44.3 Å². The van der Waals surface area contributed by atoms with Gasteiger partial charge in [0.1, 0.15) is 6.33 Å². The van der Waals surface area contributed by atoms with E-state index in [1.54, 1.807) is 13.4 Å². The fourth-order valence-electron chi connectivity index (χ4n) is 4.25. The van der Waals surface area contributed by atoms with Gasteiger partial charge in [-0.25, -0.2) is 15.0 Å². The molecule has 2 fully saturated rings. The second kappa shape index (κ2) is 9.24. The minimum absolute atomic E-state index is 0.0818. The smallest absolute Gasteiger partial charge is 0.225 e. The minimum atomic E-state index is 0.0818. The number of hydrogen-bond acceptors (Lipinski definition) is 7. The third kappa shape index (κ3) is 4.60. The van der Waals surface area contributed by atoms with Crippen molar-refractivity contribution in [1.29, 1.82) is 0 Å². The number of ether oxygens (including phenoxy) is 1. The molecule has 0 radical (unpaired) electrons. The standard InChI is InChI=1S/C24H32N6O2/c1-15(2)20-12-21(27-14-26-20)18-11-19(25)24(28-23(18)17-5-6-17)29-8-9-30(16(3)13-29)22(31)7-10-32-4/h11-12,14,16-17H,1,5-10,13,25H2,2-4H3/t16-/m1/s1. The van der Waals surface area contributed by atoms with E-state index in [0.29, 0.717) is 44.3 Å². The van der Waals surface area contributed by atoms with Gasteiger partial charge in [0.05, 0.1) is 35.8 Å². The first-order chi connectivity index (χ1) is 15.4. The van der Waals surface area contributed by atoms with Gasteiger partial charge in [0.25, 0.3) is 0 Å². The van der Waals surface area contributed by atoms with Crippen molar-refractivity contribution in [3.8, 4) is 11.3 Å². The van der Waals surface area contributed by atoms with E-state index in [4.69, 9.17) is 15.5 Å². The van der Waals surface area contributed by atoms with Crippen molar-refractivity contribution in [2.24, 2.45) is 0 Å². The van der Waals surface area contributed by atoms with Gasteiger partial charge in [-0.2, -0.15) is 0 Å². The molecule has 0 bridgehead atoms. The molecule has 2 aliphatic rings. The number of piperazine rings is 1. The Morgan fingerprint density at radius 1 is 1.28 bits per heavy atom. The van der Waals surface area contributed by atoms with Crippen LogP contribution in [0.4, 0.5) is 11.5 Å². The number of anilines is 2. The molecule has 3 heterocycles. The molecule has 8 heteroatoms. The Hall–Kier alpha value is -3.00. The van der Waals surface area contributed by atoms with Crippen molar-refractivity contribution in [2.45, 2.75) is 45.1 Å². The van der Waals surface area contributed by atoms with E-state index >= 15 is 0 Å². The summed E-state index contributed by atoms with van der Waals surface area (Å²) < 4.78 is 5.06. The zero-order valence-electron chi connectivity index (χ0n) is 19.2. The summed E-state index contributed by atoms with van der Waals surface area (Å²) in [7, 11) is 1.62. The molecule has 1 aliphatic carbocycles. The highest BCUT2D eigenvalue weighted by molar-refractivity contribution is 5.78. The average Bonchev–Trinajstić information content (AvgIpc) is 3.62. The molecule has 1 saturated carbocycles. The molecule has 0 aromatic carbocycles. The summed E-state index contributed by atoms with van der Waals surface area (Å²) in [4.78, 5) is 30.5. The maximum Gasteiger partial charge on any atom is 0.225 e. The minimum Gasteiger partial charge on any atom is -0.396 e. The van der Waals surface area contributed by atoms with E-state index in [-0.39, 0.29) is 11.9 Å². The number of amides is 1. The molecule has 8 nitrogen and oxygen atoms in total. The number of nitrogens with two attached hydrogens (primary N) is 1. The Labute approximate surface area is 189 Å². The maximum atomic E-state index is 12.5. The van der Waals surface area contributed by atoms with Gasteiger partial charge in [0.2, 0.25) is 5.91 Å².